The Bertz CT molecular complexity index is 707. The number of aryl methyl sites for hydroxylation is 2. The Balaban J connectivity index is 1.89. The summed E-state index contributed by atoms with van der Waals surface area (Å²) in [5, 5.41) is 22.5. The van der Waals surface area contributed by atoms with E-state index in [9.17, 15) is 5.11 Å². The van der Waals surface area contributed by atoms with E-state index in [4.69, 9.17) is 5.21 Å². The van der Waals surface area contributed by atoms with Crippen molar-refractivity contribution >= 4 is 17.6 Å². The van der Waals surface area contributed by atoms with Gasteiger partial charge >= 0.3 is 0 Å². The van der Waals surface area contributed by atoms with Crippen LogP contribution in [0.4, 0.5) is 5.69 Å². The van der Waals surface area contributed by atoms with Gasteiger partial charge in [-0.1, -0.05) is 54.6 Å². The summed E-state index contributed by atoms with van der Waals surface area (Å²) in [4.78, 5) is 4.19. The molecule has 0 heterocycles. The monoisotopic (exact) mass is 339 g/mol. The predicted molar refractivity (Wildman–Crippen MR) is 103 cm³/mol. The second kappa shape index (κ2) is 9.61. The number of aliphatic hydroxyl groups is 1. The number of nitrogens with one attached hydrogen (secondary N) is 2. The molecule has 5 nitrogen and oxygen atoms in total. The van der Waals surface area contributed by atoms with Gasteiger partial charge in [0.1, 0.15) is 5.84 Å². The number of para-hydroxylation sites is 1. The van der Waals surface area contributed by atoms with Gasteiger partial charge in [-0.25, -0.2) is 0 Å². The fourth-order valence-electron chi connectivity index (χ4n) is 2.45. The highest BCUT2D eigenvalue weighted by molar-refractivity contribution is 5.95. The highest BCUT2D eigenvalue weighted by atomic mass is 16.5. The first-order valence-electron chi connectivity index (χ1n) is 8.26. The molecule has 4 N–H and O–H groups in total. The predicted octanol–water partition coefficient (Wildman–Crippen LogP) is 3.17. The lowest BCUT2D eigenvalue weighted by molar-refractivity contribution is 0.195. The van der Waals surface area contributed by atoms with Crippen molar-refractivity contribution < 1.29 is 10.3 Å². The molecule has 0 saturated heterocycles. The fraction of sp³-hybridized carbons (Fsp3) is 0.250. The van der Waals surface area contributed by atoms with Gasteiger partial charge in [0.15, 0.2) is 0 Å². The molecule has 0 spiro atoms. The minimum Gasteiger partial charge on any atom is -0.389 e. The van der Waals surface area contributed by atoms with Crippen LogP contribution in [0.3, 0.4) is 0 Å². The first kappa shape index (κ1) is 18.7. The molecule has 0 aliphatic rings. The molecule has 2 aromatic carbocycles. The van der Waals surface area contributed by atoms with Crippen LogP contribution < -0.4 is 10.8 Å². The van der Waals surface area contributed by atoms with E-state index < -0.39 is 6.10 Å². The molecular weight excluding hydrogens is 314 g/mol. The number of aliphatic hydroxyl groups excluding tert-OH is 1. The van der Waals surface area contributed by atoms with Crippen molar-refractivity contribution in [3.8, 4) is 0 Å². The van der Waals surface area contributed by atoms with Crippen LogP contribution >= 0.6 is 0 Å². The van der Waals surface area contributed by atoms with Gasteiger partial charge in [-0.15, -0.1) is 0 Å². The second-order valence-corrected chi connectivity index (χ2v) is 5.88. The first-order valence-corrected chi connectivity index (χ1v) is 8.26. The summed E-state index contributed by atoms with van der Waals surface area (Å²) in [6.45, 7) is 4.63. The Morgan fingerprint density at radius 1 is 1.08 bits per heavy atom. The molecule has 132 valence electrons. The molecule has 2 aromatic rings. The Hall–Kier alpha value is -2.63. The summed E-state index contributed by atoms with van der Waals surface area (Å²) in [5.41, 5.74) is 6.37. The minimum atomic E-state index is -0.660. The Labute approximate surface area is 148 Å². The Kier molecular flexibility index (Phi) is 7.19. The number of rotatable bonds is 7. The zero-order valence-electron chi connectivity index (χ0n) is 14.6. The summed E-state index contributed by atoms with van der Waals surface area (Å²) in [5.74, 6) is 0.301. The van der Waals surface area contributed by atoms with Crippen molar-refractivity contribution in [2.45, 2.75) is 20.0 Å². The first-order chi connectivity index (χ1) is 12.1. The van der Waals surface area contributed by atoms with Gasteiger partial charge in [-0.05, 0) is 36.6 Å². The maximum absolute atomic E-state index is 10.1. The van der Waals surface area contributed by atoms with Crippen LogP contribution in [0.25, 0.3) is 6.08 Å². The summed E-state index contributed by atoms with van der Waals surface area (Å²) in [6, 6.07) is 15.8. The normalized spacial score (nSPS) is 13.0. The number of hydrogen-bond donors (Lipinski definition) is 4. The van der Waals surface area contributed by atoms with Crippen molar-refractivity contribution in [2.24, 2.45) is 4.99 Å². The maximum atomic E-state index is 10.1. The molecule has 0 fully saturated rings. The third-order valence-corrected chi connectivity index (χ3v) is 3.82. The van der Waals surface area contributed by atoms with Crippen LogP contribution in [0.15, 0.2) is 59.6 Å². The minimum absolute atomic E-state index is 0.181. The average Bonchev–Trinajstić information content (AvgIpc) is 2.62. The van der Waals surface area contributed by atoms with Crippen molar-refractivity contribution in [3.63, 3.8) is 0 Å². The van der Waals surface area contributed by atoms with Gasteiger partial charge in [0, 0.05) is 12.2 Å². The molecule has 0 aliphatic carbocycles. The number of aliphatic imine (C=N–C) groups is 1. The smallest absolute Gasteiger partial charge is 0.144 e. The van der Waals surface area contributed by atoms with Gasteiger partial charge in [-0.2, -0.15) is 0 Å². The molecule has 1 unspecified atom stereocenters. The summed E-state index contributed by atoms with van der Waals surface area (Å²) in [7, 11) is 0. The van der Waals surface area contributed by atoms with E-state index in [0.29, 0.717) is 12.4 Å². The third kappa shape index (κ3) is 6.06. The lowest BCUT2D eigenvalue weighted by Gasteiger charge is -2.15. The quantitative estimate of drug-likeness (QED) is 0.355. The van der Waals surface area contributed by atoms with E-state index in [2.05, 4.69) is 15.8 Å². The van der Waals surface area contributed by atoms with Crippen molar-refractivity contribution in [1.82, 2.24) is 5.48 Å². The SMILES string of the molecule is Cc1cccc(C)c1NCC(O)CN=C(/C=C/c1ccccc1)NO. The number of benzene rings is 2. The Morgan fingerprint density at radius 2 is 1.76 bits per heavy atom. The number of amidine groups is 1. The van der Waals surface area contributed by atoms with Crippen LogP contribution in [0.5, 0.6) is 0 Å². The largest absolute Gasteiger partial charge is 0.389 e. The van der Waals surface area contributed by atoms with E-state index in [1.807, 2.05) is 68.5 Å². The van der Waals surface area contributed by atoms with Crippen molar-refractivity contribution in [2.75, 3.05) is 18.4 Å². The molecule has 1 atom stereocenters. The molecular formula is C20H25N3O2. The van der Waals surface area contributed by atoms with Crippen molar-refractivity contribution in [3.05, 3.63) is 71.3 Å². The molecule has 0 amide bonds. The Morgan fingerprint density at radius 3 is 2.40 bits per heavy atom. The maximum Gasteiger partial charge on any atom is 0.144 e. The highest BCUT2D eigenvalue weighted by Crippen LogP contribution is 2.19. The fourth-order valence-corrected chi connectivity index (χ4v) is 2.45. The van der Waals surface area contributed by atoms with Crippen molar-refractivity contribution in [1.29, 1.82) is 0 Å². The van der Waals surface area contributed by atoms with Gasteiger partial charge < -0.3 is 10.4 Å². The van der Waals surface area contributed by atoms with Crippen LogP contribution in [0.2, 0.25) is 0 Å². The molecule has 0 radical (unpaired) electrons. The van der Waals surface area contributed by atoms with Gasteiger partial charge in [0.05, 0.1) is 12.6 Å². The van der Waals surface area contributed by atoms with E-state index >= 15 is 0 Å². The summed E-state index contributed by atoms with van der Waals surface area (Å²) >= 11 is 0. The zero-order chi connectivity index (χ0) is 18.1. The van der Waals surface area contributed by atoms with E-state index in [-0.39, 0.29) is 6.54 Å². The zero-order valence-corrected chi connectivity index (χ0v) is 14.6. The molecule has 0 aliphatic heterocycles. The van der Waals surface area contributed by atoms with Gasteiger partial charge in [0.25, 0.3) is 0 Å². The summed E-state index contributed by atoms with van der Waals surface area (Å²) in [6.07, 6.45) is 2.84. The average molecular weight is 339 g/mol. The number of nitrogens with zero attached hydrogens (tertiary/aromatic N) is 1. The molecule has 25 heavy (non-hydrogen) atoms. The molecule has 5 heteroatoms. The molecule has 0 bridgehead atoms. The van der Waals surface area contributed by atoms with Crippen LogP contribution in [0.1, 0.15) is 16.7 Å². The standard InChI is InChI=1S/C20H25N3O2/c1-15-7-6-8-16(2)20(15)22-14-18(24)13-21-19(23-25)12-11-17-9-4-3-5-10-17/h3-12,18,22,24-25H,13-14H2,1-2H3,(H,21,23)/b12-11+. The van der Waals surface area contributed by atoms with Crippen LogP contribution in [0, 0.1) is 13.8 Å². The second-order valence-electron chi connectivity index (χ2n) is 5.88. The van der Waals surface area contributed by atoms with E-state index in [0.717, 1.165) is 22.4 Å². The van der Waals surface area contributed by atoms with Crippen LogP contribution in [-0.4, -0.2) is 35.3 Å². The molecule has 0 aromatic heterocycles. The lowest BCUT2D eigenvalue weighted by atomic mass is 10.1. The number of hydroxylamine groups is 1. The topological polar surface area (TPSA) is 76.9 Å². The van der Waals surface area contributed by atoms with Crippen LogP contribution in [-0.2, 0) is 0 Å². The number of hydrogen-bond acceptors (Lipinski definition) is 4. The summed E-state index contributed by atoms with van der Waals surface area (Å²) < 4.78 is 0. The van der Waals surface area contributed by atoms with E-state index in [1.54, 1.807) is 6.08 Å². The third-order valence-electron chi connectivity index (χ3n) is 3.82. The highest BCUT2D eigenvalue weighted by Gasteiger charge is 2.06. The van der Waals surface area contributed by atoms with Gasteiger partial charge in [-0.3, -0.25) is 15.7 Å². The van der Waals surface area contributed by atoms with E-state index in [1.165, 1.54) is 0 Å². The molecule has 2 rings (SSSR count). The number of anilines is 1. The lowest BCUT2D eigenvalue weighted by Crippen LogP contribution is -2.25. The molecule has 0 saturated carbocycles. The van der Waals surface area contributed by atoms with Gasteiger partial charge in [0.2, 0.25) is 0 Å².